The maximum Gasteiger partial charge on any atom is 0.418 e. The van der Waals surface area contributed by atoms with Crippen molar-refractivity contribution < 1.29 is 23.0 Å². The fraction of sp³-hybridized carbons (Fsp3) is 0.308. The lowest BCUT2D eigenvalue weighted by Gasteiger charge is -2.08. The molecule has 19 heavy (non-hydrogen) atoms. The van der Waals surface area contributed by atoms with Crippen molar-refractivity contribution in [3.8, 4) is 5.75 Å². The summed E-state index contributed by atoms with van der Waals surface area (Å²) in [6, 6.07) is 2.24. The van der Waals surface area contributed by atoms with Gasteiger partial charge >= 0.3 is 6.09 Å². The summed E-state index contributed by atoms with van der Waals surface area (Å²) in [7, 11) is 0. The molecule has 0 fully saturated rings. The molecule has 2 aromatic rings. The molecule has 6 heteroatoms. The molecule has 1 aromatic heterocycles. The van der Waals surface area contributed by atoms with Gasteiger partial charge in [-0.3, -0.25) is 0 Å². The highest BCUT2D eigenvalue weighted by molar-refractivity contribution is 5.91. The number of fused-ring (bicyclic) bond motifs is 1. The molecule has 0 unspecified atom stereocenters. The fourth-order valence-electron chi connectivity index (χ4n) is 1.84. The fourth-order valence-corrected chi connectivity index (χ4v) is 1.84. The van der Waals surface area contributed by atoms with E-state index in [9.17, 15) is 13.6 Å². The van der Waals surface area contributed by atoms with Crippen molar-refractivity contribution >= 4 is 17.0 Å². The minimum atomic E-state index is -0.750. The van der Waals surface area contributed by atoms with E-state index in [2.05, 4.69) is 0 Å². The van der Waals surface area contributed by atoms with Crippen LogP contribution in [-0.2, 0) is 4.74 Å². The molecular weight excluding hydrogens is 256 g/mol. The van der Waals surface area contributed by atoms with Crippen molar-refractivity contribution in [1.82, 2.24) is 4.57 Å². The average Bonchev–Trinajstić information content (AvgIpc) is 2.81. The van der Waals surface area contributed by atoms with Gasteiger partial charge in [0.1, 0.15) is 0 Å². The van der Waals surface area contributed by atoms with Crippen molar-refractivity contribution in [2.45, 2.75) is 13.8 Å². The van der Waals surface area contributed by atoms with Crippen LogP contribution in [0.1, 0.15) is 13.8 Å². The van der Waals surface area contributed by atoms with Gasteiger partial charge in [0.15, 0.2) is 17.4 Å². The highest BCUT2D eigenvalue weighted by Crippen LogP contribution is 2.30. The molecule has 0 aliphatic heterocycles. The lowest BCUT2D eigenvalue weighted by molar-refractivity contribution is 0.155. The zero-order chi connectivity index (χ0) is 14.0. The Balaban J connectivity index is 2.61. The molecule has 0 saturated heterocycles. The summed E-state index contributed by atoms with van der Waals surface area (Å²) in [4.78, 5) is 11.6. The predicted molar refractivity (Wildman–Crippen MR) is 65.4 cm³/mol. The van der Waals surface area contributed by atoms with E-state index in [1.165, 1.54) is 12.3 Å². The standard InChI is InChI=1S/C13H13F2NO3/c1-3-18-10-7-9(14)12-8(11(10)15)5-6-16(12)13(17)19-4-2/h5-7H,3-4H2,1-2H3. The van der Waals surface area contributed by atoms with Gasteiger partial charge in [-0.1, -0.05) is 0 Å². The maximum atomic E-state index is 14.0. The lowest BCUT2D eigenvalue weighted by atomic mass is 10.2. The van der Waals surface area contributed by atoms with Gasteiger partial charge in [-0.2, -0.15) is 0 Å². The molecule has 1 aromatic carbocycles. The quantitative estimate of drug-likeness (QED) is 0.858. The number of carbonyl (C=O) groups is 1. The van der Waals surface area contributed by atoms with E-state index < -0.39 is 17.7 Å². The van der Waals surface area contributed by atoms with Crippen LogP contribution >= 0.6 is 0 Å². The number of carbonyl (C=O) groups excluding carboxylic acids is 1. The molecule has 0 atom stereocenters. The molecular formula is C13H13F2NO3. The smallest absolute Gasteiger partial charge is 0.418 e. The summed E-state index contributed by atoms with van der Waals surface area (Å²) in [5, 5.41) is -0.0171. The number of aromatic nitrogens is 1. The summed E-state index contributed by atoms with van der Waals surface area (Å²) in [5.41, 5.74) is -0.153. The molecule has 1 heterocycles. The number of halogens is 2. The third-order valence-corrected chi connectivity index (χ3v) is 2.59. The second-order valence-corrected chi connectivity index (χ2v) is 3.75. The third-order valence-electron chi connectivity index (χ3n) is 2.59. The van der Waals surface area contributed by atoms with Crippen LogP contribution in [0.5, 0.6) is 5.75 Å². The summed E-state index contributed by atoms with van der Waals surface area (Å²) >= 11 is 0. The van der Waals surface area contributed by atoms with Crippen LogP contribution in [0.2, 0.25) is 0 Å². The average molecular weight is 269 g/mol. The predicted octanol–water partition coefficient (Wildman–Crippen LogP) is 3.32. The molecule has 0 aliphatic carbocycles. The summed E-state index contributed by atoms with van der Waals surface area (Å²) in [5.74, 6) is -1.60. The molecule has 102 valence electrons. The Morgan fingerprint density at radius 3 is 2.68 bits per heavy atom. The summed E-state index contributed by atoms with van der Waals surface area (Å²) in [6.45, 7) is 3.68. The number of hydrogen-bond acceptors (Lipinski definition) is 3. The van der Waals surface area contributed by atoms with Crippen LogP contribution in [0.25, 0.3) is 10.9 Å². The van der Waals surface area contributed by atoms with E-state index in [-0.39, 0.29) is 29.9 Å². The van der Waals surface area contributed by atoms with Gasteiger partial charge in [0, 0.05) is 17.6 Å². The van der Waals surface area contributed by atoms with E-state index >= 15 is 0 Å². The highest BCUT2D eigenvalue weighted by Gasteiger charge is 2.19. The topological polar surface area (TPSA) is 40.5 Å². The van der Waals surface area contributed by atoms with Crippen LogP contribution in [-0.4, -0.2) is 23.9 Å². The van der Waals surface area contributed by atoms with E-state index in [4.69, 9.17) is 9.47 Å². The van der Waals surface area contributed by atoms with Gasteiger partial charge in [0.05, 0.1) is 18.7 Å². The second-order valence-electron chi connectivity index (χ2n) is 3.75. The minimum absolute atomic E-state index is 0.0171. The lowest BCUT2D eigenvalue weighted by Crippen LogP contribution is -2.13. The number of nitrogens with zero attached hydrogens (tertiary/aromatic N) is 1. The highest BCUT2D eigenvalue weighted by atomic mass is 19.1. The number of ether oxygens (including phenoxy) is 2. The van der Waals surface area contributed by atoms with Crippen molar-refractivity contribution in [2.75, 3.05) is 13.2 Å². The van der Waals surface area contributed by atoms with E-state index in [0.717, 1.165) is 10.6 Å². The van der Waals surface area contributed by atoms with Gasteiger partial charge in [0.25, 0.3) is 0 Å². The van der Waals surface area contributed by atoms with Crippen LogP contribution in [0.4, 0.5) is 13.6 Å². The van der Waals surface area contributed by atoms with Gasteiger partial charge in [-0.15, -0.1) is 0 Å². The largest absolute Gasteiger partial charge is 0.491 e. The Hall–Kier alpha value is -2.11. The molecule has 2 rings (SSSR count). The van der Waals surface area contributed by atoms with Crippen molar-refractivity contribution in [1.29, 1.82) is 0 Å². The summed E-state index contributed by atoms with van der Waals surface area (Å²) in [6.07, 6.45) is 0.518. The van der Waals surface area contributed by atoms with Gasteiger partial charge < -0.3 is 9.47 Å². The van der Waals surface area contributed by atoms with Gasteiger partial charge in [-0.05, 0) is 19.9 Å². The van der Waals surface area contributed by atoms with E-state index in [1.807, 2.05) is 0 Å². The van der Waals surface area contributed by atoms with Crippen LogP contribution < -0.4 is 4.74 Å². The first-order chi connectivity index (χ1) is 9.10. The molecule has 4 nitrogen and oxygen atoms in total. The second kappa shape index (κ2) is 5.26. The Bertz CT molecular complexity index is 622. The Kier molecular flexibility index (Phi) is 3.69. The normalized spacial score (nSPS) is 10.7. The molecule has 0 spiro atoms. The molecule has 0 saturated carbocycles. The van der Waals surface area contributed by atoms with Gasteiger partial charge in [-0.25, -0.2) is 18.1 Å². The van der Waals surface area contributed by atoms with Crippen molar-refractivity contribution in [2.24, 2.45) is 0 Å². The van der Waals surface area contributed by atoms with Crippen molar-refractivity contribution in [3.05, 3.63) is 30.0 Å². The van der Waals surface area contributed by atoms with E-state index in [1.54, 1.807) is 13.8 Å². The zero-order valence-corrected chi connectivity index (χ0v) is 10.6. The van der Waals surface area contributed by atoms with Crippen LogP contribution in [0.3, 0.4) is 0 Å². The zero-order valence-electron chi connectivity index (χ0n) is 10.6. The first-order valence-corrected chi connectivity index (χ1v) is 5.89. The number of hydrogen-bond donors (Lipinski definition) is 0. The number of rotatable bonds is 3. The maximum absolute atomic E-state index is 14.0. The summed E-state index contributed by atoms with van der Waals surface area (Å²) < 4.78 is 38.7. The molecule has 0 aliphatic rings. The molecule has 0 bridgehead atoms. The monoisotopic (exact) mass is 269 g/mol. The van der Waals surface area contributed by atoms with Crippen LogP contribution in [0, 0.1) is 11.6 Å². The Morgan fingerprint density at radius 1 is 1.32 bits per heavy atom. The minimum Gasteiger partial charge on any atom is -0.491 e. The first-order valence-electron chi connectivity index (χ1n) is 5.89. The van der Waals surface area contributed by atoms with Gasteiger partial charge in [0.2, 0.25) is 0 Å². The number of benzene rings is 1. The Morgan fingerprint density at radius 2 is 2.05 bits per heavy atom. The Labute approximate surface area is 108 Å². The SMILES string of the molecule is CCOC(=O)n1ccc2c(F)c(OCC)cc(F)c21. The van der Waals surface area contributed by atoms with E-state index in [0.29, 0.717) is 0 Å². The third kappa shape index (κ3) is 2.25. The van der Waals surface area contributed by atoms with Crippen LogP contribution in [0.15, 0.2) is 18.3 Å². The first kappa shape index (κ1) is 13.3. The molecule has 0 amide bonds. The molecule has 0 radical (unpaired) electrons. The molecule has 0 N–H and O–H groups in total. The van der Waals surface area contributed by atoms with Crippen molar-refractivity contribution in [3.63, 3.8) is 0 Å².